The molecule has 1 saturated heterocycles. The molecule has 1 aliphatic rings. The number of unbranched alkanes of at least 4 members (excludes halogenated alkanes) is 3. The normalized spacial score (nSPS) is 19.6. The van der Waals surface area contributed by atoms with Gasteiger partial charge in [0, 0.05) is 19.4 Å². The van der Waals surface area contributed by atoms with Crippen LogP contribution in [0, 0.1) is 0 Å². The van der Waals surface area contributed by atoms with Crippen LogP contribution in [0.1, 0.15) is 38.5 Å². The number of hydrogen-bond acceptors (Lipinski definition) is 4. The summed E-state index contributed by atoms with van der Waals surface area (Å²) in [4.78, 5) is 22.3. The van der Waals surface area contributed by atoms with Gasteiger partial charge in [-0.15, -0.1) is 0 Å². The van der Waals surface area contributed by atoms with E-state index in [0.29, 0.717) is 19.4 Å². The smallest absolute Gasteiger partial charge is 0.306 e. The Bertz CT molecular complexity index is 243. The molecule has 0 aromatic heterocycles. The third kappa shape index (κ3) is 4.61. The fourth-order valence-corrected chi connectivity index (χ4v) is 1.66. The molecule has 5 heteroatoms. The quantitative estimate of drug-likeness (QED) is 0.486. The largest absolute Gasteiger partial charge is 0.452 e. The standard InChI is InChI=1S/C11H20N2O3/c12-7-3-1-2-4-8-13-11(15)9-5-6-10(14)16-9/h9H,1-8,12H2,(H,13,15)/t9-/m0/s1. The highest BCUT2D eigenvalue weighted by molar-refractivity contribution is 5.86. The molecular weight excluding hydrogens is 208 g/mol. The van der Waals surface area contributed by atoms with Crippen LogP contribution in [0.5, 0.6) is 0 Å². The van der Waals surface area contributed by atoms with Crippen molar-refractivity contribution in [2.75, 3.05) is 13.1 Å². The minimum atomic E-state index is -0.559. The van der Waals surface area contributed by atoms with Crippen LogP contribution >= 0.6 is 0 Å². The van der Waals surface area contributed by atoms with Crippen molar-refractivity contribution >= 4 is 11.9 Å². The number of cyclic esters (lactones) is 1. The molecule has 0 aromatic carbocycles. The molecule has 1 atom stereocenters. The number of nitrogens with two attached hydrogens (primary N) is 1. The first-order chi connectivity index (χ1) is 7.74. The Morgan fingerprint density at radius 2 is 2.12 bits per heavy atom. The highest BCUT2D eigenvalue weighted by Gasteiger charge is 2.29. The Morgan fingerprint density at radius 1 is 1.38 bits per heavy atom. The van der Waals surface area contributed by atoms with E-state index < -0.39 is 6.10 Å². The van der Waals surface area contributed by atoms with Crippen molar-refractivity contribution in [3.05, 3.63) is 0 Å². The summed E-state index contributed by atoms with van der Waals surface area (Å²) in [5, 5.41) is 2.77. The molecule has 0 aromatic rings. The Hall–Kier alpha value is -1.10. The van der Waals surface area contributed by atoms with E-state index >= 15 is 0 Å². The van der Waals surface area contributed by atoms with Gasteiger partial charge in [0.25, 0.3) is 5.91 Å². The first-order valence-electron chi connectivity index (χ1n) is 5.91. The van der Waals surface area contributed by atoms with E-state index in [2.05, 4.69) is 5.32 Å². The van der Waals surface area contributed by atoms with Crippen molar-refractivity contribution in [1.82, 2.24) is 5.32 Å². The molecule has 1 aliphatic heterocycles. The van der Waals surface area contributed by atoms with Crippen LogP contribution in [0.25, 0.3) is 0 Å². The summed E-state index contributed by atoms with van der Waals surface area (Å²) in [7, 11) is 0. The summed E-state index contributed by atoms with van der Waals surface area (Å²) in [6.45, 7) is 1.38. The van der Waals surface area contributed by atoms with E-state index in [9.17, 15) is 9.59 Å². The molecule has 3 N–H and O–H groups in total. The molecule has 1 amide bonds. The first-order valence-corrected chi connectivity index (χ1v) is 5.91. The van der Waals surface area contributed by atoms with Crippen molar-refractivity contribution in [1.29, 1.82) is 0 Å². The van der Waals surface area contributed by atoms with E-state index in [1.165, 1.54) is 0 Å². The van der Waals surface area contributed by atoms with Crippen LogP contribution in [-0.4, -0.2) is 31.1 Å². The highest BCUT2D eigenvalue weighted by Crippen LogP contribution is 2.13. The van der Waals surface area contributed by atoms with Gasteiger partial charge in [-0.3, -0.25) is 9.59 Å². The fraction of sp³-hybridized carbons (Fsp3) is 0.818. The Kier molecular flexibility index (Phi) is 5.85. The fourth-order valence-electron chi connectivity index (χ4n) is 1.66. The van der Waals surface area contributed by atoms with Crippen LogP contribution in [-0.2, 0) is 14.3 Å². The second-order valence-electron chi connectivity index (χ2n) is 4.01. The van der Waals surface area contributed by atoms with Crippen molar-refractivity contribution < 1.29 is 14.3 Å². The predicted molar refractivity (Wildman–Crippen MR) is 59.6 cm³/mol. The van der Waals surface area contributed by atoms with Crippen LogP contribution in [0.4, 0.5) is 0 Å². The molecule has 0 unspecified atom stereocenters. The van der Waals surface area contributed by atoms with Gasteiger partial charge in [-0.05, 0) is 19.4 Å². The molecule has 0 saturated carbocycles. The maximum atomic E-state index is 11.5. The summed E-state index contributed by atoms with van der Waals surface area (Å²) >= 11 is 0. The third-order valence-corrected chi connectivity index (χ3v) is 2.61. The molecule has 5 nitrogen and oxygen atoms in total. The number of carbonyl (C=O) groups excluding carboxylic acids is 2. The lowest BCUT2D eigenvalue weighted by Gasteiger charge is -2.09. The molecule has 0 bridgehead atoms. The number of esters is 1. The third-order valence-electron chi connectivity index (χ3n) is 2.61. The monoisotopic (exact) mass is 228 g/mol. The summed E-state index contributed by atoms with van der Waals surface area (Å²) in [5.41, 5.74) is 5.37. The Labute approximate surface area is 95.7 Å². The molecule has 0 spiro atoms. The number of carbonyl (C=O) groups is 2. The van der Waals surface area contributed by atoms with Gasteiger partial charge in [-0.25, -0.2) is 0 Å². The molecule has 16 heavy (non-hydrogen) atoms. The molecular formula is C11H20N2O3. The topological polar surface area (TPSA) is 81.4 Å². The van der Waals surface area contributed by atoms with E-state index in [4.69, 9.17) is 10.5 Å². The van der Waals surface area contributed by atoms with E-state index in [1.807, 2.05) is 0 Å². The average molecular weight is 228 g/mol. The maximum Gasteiger partial charge on any atom is 0.306 e. The van der Waals surface area contributed by atoms with Gasteiger partial charge in [-0.2, -0.15) is 0 Å². The van der Waals surface area contributed by atoms with E-state index in [1.54, 1.807) is 0 Å². The lowest BCUT2D eigenvalue weighted by atomic mass is 10.2. The lowest BCUT2D eigenvalue weighted by Crippen LogP contribution is -2.34. The van der Waals surface area contributed by atoms with Crippen LogP contribution in [0.3, 0.4) is 0 Å². The maximum absolute atomic E-state index is 11.5. The molecule has 0 radical (unpaired) electrons. The van der Waals surface area contributed by atoms with Crippen molar-refractivity contribution in [3.8, 4) is 0 Å². The Morgan fingerprint density at radius 3 is 2.75 bits per heavy atom. The van der Waals surface area contributed by atoms with Crippen LogP contribution in [0.15, 0.2) is 0 Å². The minimum absolute atomic E-state index is 0.162. The van der Waals surface area contributed by atoms with Gasteiger partial charge in [0.1, 0.15) is 0 Å². The van der Waals surface area contributed by atoms with Gasteiger partial charge in [-0.1, -0.05) is 12.8 Å². The molecule has 1 fully saturated rings. The van der Waals surface area contributed by atoms with Gasteiger partial charge < -0.3 is 15.8 Å². The molecule has 92 valence electrons. The zero-order chi connectivity index (χ0) is 11.8. The molecule has 0 aliphatic carbocycles. The van der Waals surface area contributed by atoms with Gasteiger partial charge in [0.15, 0.2) is 6.10 Å². The molecule has 1 heterocycles. The summed E-state index contributed by atoms with van der Waals surface area (Å²) in [6.07, 6.45) is 4.47. The zero-order valence-corrected chi connectivity index (χ0v) is 9.54. The average Bonchev–Trinajstić information content (AvgIpc) is 2.70. The summed E-state index contributed by atoms with van der Waals surface area (Å²) in [6, 6.07) is 0. The zero-order valence-electron chi connectivity index (χ0n) is 9.54. The Balaban J connectivity index is 2.00. The van der Waals surface area contributed by atoms with Gasteiger partial charge in [0.05, 0.1) is 0 Å². The number of rotatable bonds is 7. The summed E-state index contributed by atoms with van der Waals surface area (Å²) in [5.74, 6) is -0.437. The van der Waals surface area contributed by atoms with Gasteiger partial charge >= 0.3 is 5.97 Å². The lowest BCUT2D eigenvalue weighted by molar-refractivity contribution is -0.148. The van der Waals surface area contributed by atoms with Crippen LogP contribution in [0.2, 0.25) is 0 Å². The number of ether oxygens (including phenoxy) is 1. The number of amides is 1. The first kappa shape index (κ1) is 13.0. The minimum Gasteiger partial charge on any atom is -0.452 e. The molecule has 1 rings (SSSR count). The van der Waals surface area contributed by atoms with Crippen molar-refractivity contribution in [3.63, 3.8) is 0 Å². The number of nitrogens with one attached hydrogen (secondary N) is 1. The second-order valence-corrected chi connectivity index (χ2v) is 4.01. The van der Waals surface area contributed by atoms with Crippen LogP contribution < -0.4 is 11.1 Å². The number of hydrogen-bond donors (Lipinski definition) is 2. The predicted octanol–water partition coefficient (Wildman–Crippen LogP) is 0.327. The SMILES string of the molecule is NCCCCCCNC(=O)[C@@H]1CCC(=O)O1. The highest BCUT2D eigenvalue weighted by atomic mass is 16.6. The van der Waals surface area contributed by atoms with Gasteiger partial charge in [0.2, 0.25) is 0 Å². The van der Waals surface area contributed by atoms with Crippen molar-refractivity contribution in [2.45, 2.75) is 44.6 Å². The van der Waals surface area contributed by atoms with E-state index in [0.717, 1.165) is 32.2 Å². The second kappa shape index (κ2) is 7.22. The van der Waals surface area contributed by atoms with E-state index in [-0.39, 0.29) is 11.9 Å². The summed E-state index contributed by atoms with van der Waals surface area (Å²) < 4.78 is 4.85. The van der Waals surface area contributed by atoms with Crippen molar-refractivity contribution in [2.24, 2.45) is 5.73 Å².